The molecule has 0 radical (unpaired) electrons. The fraction of sp³-hybridized carbons (Fsp3) is 0.576. The number of ether oxygens (including phenoxy) is 1. The minimum absolute atomic E-state index is 0.136. The molecular weight excluding hydrogens is 712 g/mol. The van der Waals surface area contributed by atoms with Gasteiger partial charge in [-0.05, 0) is 101 Å². The van der Waals surface area contributed by atoms with E-state index in [1.165, 1.54) is 16.7 Å². The standard InChI is InChI=1S/C33H41Br2ClN4O4/c1-33(2,3)30(44-32(37)43)31(42)40-10-6-19(7-11-40)14-26(41)39-12-8-20(9-13-39)28-27-21(16-24(36)17-25(27)35)4-5-22-15-23(34)18-38-29(22)28/h15-20,28,30H,4-14H2,1-3H3,(H2,37,43). The number of amides is 3. The van der Waals surface area contributed by atoms with E-state index in [2.05, 4.69) is 44.0 Å². The number of benzene rings is 1. The second kappa shape index (κ2) is 13.7. The normalized spacial score (nSPS) is 20.4. The lowest BCUT2D eigenvalue weighted by molar-refractivity contribution is -0.147. The molecule has 2 aromatic rings. The van der Waals surface area contributed by atoms with Crippen LogP contribution in [0.5, 0.6) is 0 Å². The summed E-state index contributed by atoms with van der Waals surface area (Å²) >= 11 is 13.9. The molecule has 3 heterocycles. The SMILES string of the molecule is CC(C)(C)C(OC(N)=O)C(=O)N1CCC(CC(=O)N2CCC(C3c4ncc(Br)cc4CCc4cc(Cl)cc(Br)c43)CC2)CC1. The van der Waals surface area contributed by atoms with Crippen LogP contribution in [-0.2, 0) is 27.2 Å². The third-order valence-corrected chi connectivity index (χ3v) is 10.7. The van der Waals surface area contributed by atoms with E-state index in [-0.39, 0.29) is 23.7 Å². The summed E-state index contributed by atoms with van der Waals surface area (Å²) in [6.45, 7) is 8.08. The monoisotopic (exact) mass is 750 g/mol. The van der Waals surface area contributed by atoms with Crippen molar-refractivity contribution in [1.82, 2.24) is 14.8 Å². The van der Waals surface area contributed by atoms with Crippen LogP contribution in [-0.4, -0.2) is 65.0 Å². The average molecular weight is 753 g/mol. The zero-order valence-electron chi connectivity index (χ0n) is 25.6. The number of carbonyl (C=O) groups is 3. The lowest BCUT2D eigenvalue weighted by Gasteiger charge is -2.39. The molecule has 1 aromatic carbocycles. The van der Waals surface area contributed by atoms with Gasteiger partial charge < -0.3 is 20.3 Å². The predicted molar refractivity (Wildman–Crippen MR) is 177 cm³/mol. The number of aromatic nitrogens is 1. The van der Waals surface area contributed by atoms with Crippen LogP contribution in [0.3, 0.4) is 0 Å². The van der Waals surface area contributed by atoms with Crippen LogP contribution in [0, 0.1) is 17.3 Å². The quantitative estimate of drug-likeness (QED) is 0.359. The molecular formula is C33H41Br2ClN4O4. The van der Waals surface area contributed by atoms with Crippen molar-refractivity contribution in [2.45, 2.75) is 77.7 Å². The molecule has 8 nitrogen and oxygen atoms in total. The third-order valence-electron chi connectivity index (χ3n) is 9.42. The zero-order valence-corrected chi connectivity index (χ0v) is 29.5. The maximum atomic E-state index is 13.4. The number of halogens is 3. The van der Waals surface area contributed by atoms with Crippen molar-refractivity contribution in [2.75, 3.05) is 26.2 Å². The number of fused-ring (bicyclic) bond motifs is 2. The molecule has 0 bridgehead atoms. The number of piperidine rings is 2. The number of pyridine rings is 1. The Labute approximate surface area is 281 Å². The second-order valence-electron chi connectivity index (χ2n) is 13.5. The van der Waals surface area contributed by atoms with E-state index in [4.69, 9.17) is 27.1 Å². The molecule has 3 aliphatic rings. The van der Waals surface area contributed by atoms with Crippen LogP contribution in [0.25, 0.3) is 0 Å². The summed E-state index contributed by atoms with van der Waals surface area (Å²) in [5, 5.41) is 0.734. The summed E-state index contributed by atoms with van der Waals surface area (Å²) in [4.78, 5) is 46.7. The fourth-order valence-corrected chi connectivity index (χ4v) is 8.62. The Morgan fingerprint density at radius 3 is 2.27 bits per heavy atom. The Balaban J connectivity index is 1.20. The molecule has 11 heteroatoms. The highest BCUT2D eigenvalue weighted by Gasteiger charge is 2.40. The number of rotatable bonds is 5. The minimum Gasteiger partial charge on any atom is -0.436 e. The third kappa shape index (κ3) is 7.44. The predicted octanol–water partition coefficient (Wildman–Crippen LogP) is 6.87. The molecule has 2 fully saturated rings. The van der Waals surface area contributed by atoms with Crippen LogP contribution >= 0.6 is 43.5 Å². The van der Waals surface area contributed by atoms with Gasteiger partial charge in [0.15, 0.2) is 6.10 Å². The molecule has 0 spiro atoms. The van der Waals surface area contributed by atoms with Gasteiger partial charge in [-0.25, -0.2) is 4.79 Å². The van der Waals surface area contributed by atoms with Crippen molar-refractivity contribution < 1.29 is 19.1 Å². The topological polar surface area (TPSA) is 106 Å². The first-order valence-electron chi connectivity index (χ1n) is 15.5. The number of nitrogens with zero attached hydrogens (tertiary/aromatic N) is 3. The maximum absolute atomic E-state index is 13.4. The Hall–Kier alpha value is -2.17. The second-order valence-corrected chi connectivity index (χ2v) is 15.7. The molecule has 5 rings (SSSR count). The molecule has 2 atom stereocenters. The lowest BCUT2D eigenvalue weighted by Crippen LogP contribution is -2.50. The summed E-state index contributed by atoms with van der Waals surface area (Å²) < 4.78 is 7.20. The minimum atomic E-state index is -0.948. The molecule has 2 aliphatic heterocycles. The van der Waals surface area contributed by atoms with E-state index in [0.717, 1.165) is 71.3 Å². The van der Waals surface area contributed by atoms with Crippen molar-refractivity contribution in [3.05, 3.63) is 60.7 Å². The van der Waals surface area contributed by atoms with Crippen LogP contribution in [0.1, 0.15) is 81.2 Å². The van der Waals surface area contributed by atoms with Gasteiger partial charge in [0, 0.05) is 64.1 Å². The van der Waals surface area contributed by atoms with Gasteiger partial charge in [0.2, 0.25) is 5.91 Å². The van der Waals surface area contributed by atoms with E-state index in [0.29, 0.717) is 25.4 Å². The Bertz CT molecular complexity index is 1420. The fourth-order valence-electron chi connectivity index (χ4n) is 7.13. The maximum Gasteiger partial charge on any atom is 0.405 e. The van der Waals surface area contributed by atoms with Crippen LogP contribution in [0.4, 0.5) is 4.79 Å². The van der Waals surface area contributed by atoms with Crippen molar-refractivity contribution in [3.63, 3.8) is 0 Å². The van der Waals surface area contributed by atoms with Crippen molar-refractivity contribution >= 4 is 61.4 Å². The van der Waals surface area contributed by atoms with Crippen molar-refractivity contribution in [2.24, 2.45) is 23.0 Å². The smallest absolute Gasteiger partial charge is 0.405 e. The van der Waals surface area contributed by atoms with Gasteiger partial charge in [-0.2, -0.15) is 0 Å². The molecule has 0 saturated carbocycles. The number of nitrogens with two attached hydrogens (primary N) is 1. The van der Waals surface area contributed by atoms with E-state index in [1.807, 2.05) is 37.9 Å². The molecule has 2 saturated heterocycles. The summed E-state index contributed by atoms with van der Waals surface area (Å²) in [5.74, 6) is 0.679. The lowest BCUT2D eigenvalue weighted by atomic mass is 9.76. The van der Waals surface area contributed by atoms with E-state index in [9.17, 15) is 14.4 Å². The van der Waals surface area contributed by atoms with Gasteiger partial charge >= 0.3 is 6.09 Å². The van der Waals surface area contributed by atoms with Crippen LogP contribution in [0.15, 0.2) is 33.3 Å². The molecule has 2 unspecified atom stereocenters. The highest BCUT2D eigenvalue weighted by atomic mass is 79.9. The number of hydrogen-bond donors (Lipinski definition) is 1. The number of aryl methyl sites for hydroxylation is 2. The summed E-state index contributed by atoms with van der Waals surface area (Å²) in [7, 11) is 0. The van der Waals surface area contributed by atoms with Gasteiger partial charge in [0.1, 0.15) is 0 Å². The molecule has 3 amide bonds. The number of carbonyl (C=O) groups excluding carboxylic acids is 3. The molecule has 1 aliphatic carbocycles. The Morgan fingerprint density at radius 2 is 1.64 bits per heavy atom. The van der Waals surface area contributed by atoms with Crippen molar-refractivity contribution in [1.29, 1.82) is 0 Å². The highest BCUT2D eigenvalue weighted by Crippen LogP contribution is 2.46. The first-order valence-corrected chi connectivity index (χ1v) is 17.4. The Morgan fingerprint density at radius 1 is 1.00 bits per heavy atom. The molecule has 238 valence electrons. The molecule has 1 aromatic heterocycles. The molecule has 44 heavy (non-hydrogen) atoms. The van der Waals surface area contributed by atoms with E-state index < -0.39 is 17.6 Å². The average Bonchev–Trinajstić information content (AvgIpc) is 3.12. The van der Waals surface area contributed by atoms with Crippen LogP contribution in [0.2, 0.25) is 5.02 Å². The van der Waals surface area contributed by atoms with Gasteiger partial charge in [0.05, 0.1) is 5.69 Å². The largest absolute Gasteiger partial charge is 0.436 e. The summed E-state index contributed by atoms with van der Waals surface area (Å²) in [5.41, 5.74) is 9.62. The number of likely N-dealkylation sites (tertiary alicyclic amines) is 2. The Kier molecular flexibility index (Phi) is 10.3. The first kappa shape index (κ1) is 33.2. The van der Waals surface area contributed by atoms with Crippen LogP contribution < -0.4 is 5.73 Å². The van der Waals surface area contributed by atoms with Gasteiger partial charge in [-0.15, -0.1) is 0 Å². The first-order chi connectivity index (χ1) is 20.8. The van der Waals surface area contributed by atoms with Crippen molar-refractivity contribution in [3.8, 4) is 0 Å². The number of primary amides is 1. The van der Waals surface area contributed by atoms with E-state index >= 15 is 0 Å². The number of hydrogen-bond acceptors (Lipinski definition) is 5. The van der Waals surface area contributed by atoms with Gasteiger partial charge in [-0.3, -0.25) is 14.6 Å². The zero-order chi connectivity index (χ0) is 31.8. The molecule has 2 N–H and O–H groups in total. The summed E-state index contributed by atoms with van der Waals surface area (Å²) in [6, 6.07) is 6.28. The van der Waals surface area contributed by atoms with E-state index in [1.54, 1.807) is 4.90 Å². The van der Waals surface area contributed by atoms with Gasteiger partial charge in [0.25, 0.3) is 5.91 Å². The summed E-state index contributed by atoms with van der Waals surface area (Å²) in [6.07, 6.45) is 5.63. The van der Waals surface area contributed by atoms with Gasteiger partial charge in [-0.1, -0.05) is 48.3 Å². The highest BCUT2D eigenvalue weighted by molar-refractivity contribution is 9.10.